The van der Waals surface area contributed by atoms with Crippen LogP contribution in [0.15, 0.2) is 0 Å². The number of methoxy groups -OCH3 is 2. The number of ether oxygens (including phenoxy) is 2. The molecule has 1 rings (SSSR count). The summed E-state index contributed by atoms with van der Waals surface area (Å²) in [4.78, 5) is 48.3. The summed E-state index contributed by atoms with van der Waals surface area (Å²) in [7, 11) is 5.23. The molecule has 1 aliphatic rings. The molecule has 0 aliphatic carbocycles. The molecule has 0 radical (unpaired) electrons. The quantitative estimate of drug-likeness (QED) is 0.476. The Hall–Kier alpha value is -1.42. The molecule has 1 saturated heterocycles. The molecule has 0 spiro atoms. The zero-order valence-electron chi connectivity index (χ0n) is 17.9. The van der Waals surface area contributed by atoms with Crippen molar-refractivity contribution in [2.24, 2.45) is 0 Å². The van der Waals surface area contributed by atoms with E-state index in [0.717, 1.165) is 51.4 Å². The molecule has 1 fully saturated rings. The van der Waals surface area contributed by atoms with Gasteiger partial charge in [-0.2, -0.15) is 0 Å². The number of carbonyl (C=O) groups excluding carboxylic acids is 4. The van der Waals surface area contributed by atoms with Crippen molar-refractivity contribution in [1.82, 2.24) is 10.6 Å². The fraction of sp³-hybridized carbons (Fsp3) is 0.800. The van der Waals surface area contributed by atoms with Crippen LogP contribution >= 0.6 is 21.6 Å². The molecule has 30 heavy (non-hydrogen) atoms. The van der Waals surface area contributed by atoms with Crippen molar-refractivity contribution >= 4 is 45.3 Å². The molecule has 0 aromatic carbocycles. The molecule has 0 bridgehead atoms. The van der Waals surface area contributed by atoms with Crippen molar-refractivity contribution < 1.29 is 28.7 Å². The first-order valence-corrected chi connectivity index (χ1v) is 13.0. The van der Waals surface area contributed by atoms with Gasteiger partial charge in [0.05, 0.1) is 14.2 Å². The van der Waals surface area contributed by atoms with E-state index in [-0.39, 0.29) is 11.8 Å². The van der Waals surface area contributed by atoms with E-state index in [9.17, 15) is 19.2 Å². The Bertz CT molecular complexity index is 513. The second kappa shape index (κ2) is 16.3. The molecule has 1 aliphatic heterocycles. The summed E-state index contributed by atoms with van der Waals surface area (Å²) < 4.78 is 9.57. The van der Waals surface area contributed by atoms with Gasteiger partial charge in [-0.3, -0.25) is 9.59 Å². The van der Waals surface area contributed by atoms with Gasteiger partial charge < -0.3 is 20.1 Å². The summed E-state index contributed by atoms with van der Waals surface area (Å²) in [6.45, 7) is 0. The maximum absolute atomic E-state index is 12.2. The summed E-state index contributed by atoms with van der Waals surface area (Å²) in [6.07, 6.45) is 8.70. The minimum Gasteiger partial charge on any atom is -0.467 e. The fourth-order valence-electron chi connectivity index (χ4n) is 3.02. The lowest BCUT2D eigenvalue weighted by Crippen LogP contribution is -2.44. The van der Waals surface area contributed by atoms with Gasteiger partial charge in [0.1, 0.15) is 12.1 Å². The summed E-state index contributed by atoms with van der Waals surface area (Å²) in [5, 5.41) is 5.47. The van der Waals surface area contributed by atoms with Crippen LogP contribution in [0.1, 0.15) is 64.2 Å². The Morgan fingerprint density at radius 2 is 1.03 bits per heavy atom. The van der Waals surface area contributed by atoms with Crippen LogP contribution in [-0.2, 0) is 28.7 Å². The first kappa shape index (κ1) is 26.6. The molecule has 1 heterocycles. The molecule has 2 atom stereocenters. The lowest BCUT2D eigenvalue weighted by atomic mass is 10.1. The maximum Gasteiger partial charge on any atom is 0.329 e. The zero-order chi connectivity index (χ0) is 22.2. The number of hydrogen-bond acceptors (Lipinski definition) is 8. The Kier molecular flexibility index (Phi) is 14.5. The number of esters is 2. The average molecular weight is 463 g/mol. The second-order valence-electron chi connectivity index (χ2n) is 7.18. The highest BCUT2D eigenvalue weighted by molar-refractivity contribution is 8.76. The normalized spacial score (nSPS) is 24.1. The van der Waals surface area contributed by atoms with E-state index in [2.05, 4.69) is 10.6 Å². The zero-order valence-corrected chi connectivity index (χ0v) is 19.5. The van der Waals surface area contributed by atoms with Gasteiger partial charge in [-0.1, -0.05) is 60.1 Å². The van der Waals surface area contributed by atoms with Crippen LogP contribution in [0.25, 0.3) is 0 Å². The van der Waals surface area contributed by atoms with Gasteiger partial charge in [0.2, 0.25) is 11.8 Å². The van der Waals surface area contributed by atoms with Gasteiger partial charge in [-0.15, -0.1) is 0 Å². The summed E-state index contributed by atoms with van der Waals surface area (Å²) in [6, 6.07) is -1.51. The highest BCUT2D eigenvalue weighted by Crippen LogP contribution is 2.24. The molecule has 2 N–H and O–H groups in total. The van der Waals surface area contributed by atoms with E-state index in [0.29, 0.717) is 24.3 Å². The first-order valence-electron chi connectivity index (χ1n) is 10.5. The van der Waals surface area contributed by atoms with Crippen molar-refractivity contribution in [1.29, 1.82) is 0 Å². The van der Waals surface area contributed by atoms with Gasteiger partial charge in [0, 0.05) is 24.3 Å². The maximum atomic E-state index is 12.2. The van der Waals surface area contributed by atoms with Crippen LogP contribution < -0.4 is 10.6 Å². The third-order valence-electron chi connectivity index (χ3n) is 4.75. The van der Waals surface area contributed by atoms with Gasteiger partial charge in [0.25, 0.3) is 0 Å². The van der Waals surface area contributed by atoms with Crippen molar-refractivity contribution in [2.75, 3.05) is 25.7 Å². The minimum atomic E-state index is -0.753. The van der Waals surface area contributed by atoms with Crippen molar-refractivity contribution in [3.05, 3.63) is 0 Å². The highest BCUT2D eigenvalue weighted by Gasteiger charge is 2.24. The predicted molar refractivity (Wildman–Crippen MR) is 119 cm³/mol. The predicted octanol–water partition coefficient (Wildman–Crippen LogP) is 2.60. The Labute approximate surface area is 186 Å². The largest absolute Gasteiger partial charge is 0.467 e. The van der Waals surface area contributed by atoms with Crippen molar-refractivity contribution in [3.8, 4) is 0 Å². The Balaban J connectivity index is 2.68. The highest BCUT2D eigenvalue weighted by atomic mass is 33.1. The van der Waals surface area contributed by atoms with Crippen LogP contribution in [0.3, 0.4) is 0 Å². The molecule has 0 saturated carbocycles. The second-order valence-corrected chi connectivity index (χ2v) is 9.74. The van der Waals surface area contributed by atoms with E-state index >= 15 is 0 Å². The van der Waals surface area contributed by atoms with E-state index in [1.165, 1.54) is 35.8 Å². The van der Waals surface area contributed by atoms with Crippen LogP contribution in [0.5, 0.6) is 0 Å². The smallest absolute Gasteiger partial charge is 0.329 e. The molecule has 0 aromatic heterocycles. The van der Waals surface area contributed by atoms with E-state index in [1.807, 2.05) is 0 Å². The number of hydrogen-bond donors (Lipinski definition) is 2. The van der Waals surface area contributed by atoms with E-state index in [1.54, 1.807) is 0 Å². The van der Waals surface area contributed by atoms with Gasteiger partial charge in [0.15, 0.2) is 0 Å². The number of carbonyl (C=O) groups is 4. The van der Waals surface area contributed by atoms with Gasteiger partial charge >= 0.3 is 11.9 Å². The molecule has 0 aromatic rings. The molecule has 2 amide bonds. The van der Waals surface area contributed by atoms with E-state index < -0.39 is 24.0 Å². The summed E-state index contributed by atoms with van der Waals surface area (Å²) in [5.74, 6) is -0.737. The summed E-state index contributed by atoms with van der Waals surface area (Å²) in [5.41, 5.74) is 0. The Morgan fingerprint density at radius 3 is 1.37 bits per heavy atom. The minimum absolute atomic E-state index is 0.162. The van der Waals surface area contributed by atoms with Gasteiger partial charge in [-0.25, -0.2) is 9.59 Å². The third kappa shape index (κ3) is 11.7. The monoisotopic (exact) mass is 462 g/mol. The lowest BCUT2D eigenvalue weighted by Gasteiger charge is -2.18. The molecule has 172 valence electrons. The standard InChI is InChI=1S/C20H34N2O6S2/c1-27-19(25)15-13-29-30-14-16(20(26)28-2)22-18(24)12-10-8-6-4-3-5-7-9-11-17(23)21-15/h15-16H,3-14H2,1-2H3,(H,21,23)(H,22,24)/t15-,16-/m0/s1. The van der Waals surface area contributed by atoms with Crippen molar-refractivity contribution in [2.45, 2.75) is 76.3 Å². The topological polar surface area (TPSA) is 111 Å². The number of amides is 2. The number of nitrogens with one attached hydrogen (secondary N) is 2. The fourth-order valence-corrected chi connectivity index (χ4v) is 5.32. The van der Waals surface area contributed by atoms with Crippen LogP contribution in [-0.4, -0.2) is 61.6 Å². The molecular weight excluding hydrogens is 428 g/mol. The Morgan fingerprint density at radius 1 is 0.700 bits per heavy atom. The lowest BCUT2D eigenvalue weighted by molar-refractivity contribution is -0.144. The molecular formula is C20H34N2O6S2. The molecule has 0 unspecified atom stereocenters. The molecule has 8 nitrogen and oxygen atoms in total. The van der Waals surface area contributed by atoms with E-state index in [4.69, 9.17) is 9.47 Å². The van der Waals surface area contributed by atoms with Crippen molar-refractivity contribution in [3.63, 3.8) is 0 Å². The van der Waals surface area contributed by atoms with Crippen LogP contribution in [0.4, 0.5) is 0 Å². The van der Waals surface area contributed by atoms with Gasteiger partial charge in [-0.05, 0) is 12.8 Å². The van der Waals surface area contributed by atoms with Crippen LogP contribution in [0.2, 0.25) is 0 Å². The average Bonchev–Trinajstić information content (AvgIpc) is 2.74. The third-order valence-corrected chi connectivity index (χ3v) is 7.17. The first-order chi connectivity index (χ1) is 14.5. The summed E-state index contributed by atoms with van der Waals surface area (Å²) >= 11 is 0. The molecule has 10 heteroatoms. The number of rotatable bonds is 2. The van der Waals surface area contributed by atoms with Crippen LogP contribution in [0, 0.1) is 0 Å². The SMILES string of the molecule is COC(=O)[C@@H]1CSSC[C@@H](C(=O)OC)NC(=O)CCCCCCCCCCC(=O)N1.